The molecule has 0 aliphatic heterocycles. The van der Waals surface area contributed by atoms with E-state index in [9.17, 15) is 0 Å². The van der Waals surface area contributed by atoms with Crippen LogP contribution in [0.3, 0.4) is 0 Å². The molecule has 0 radical (unpaired) electrons. The van der Waals surface area contributed by atoms with Gasteiger partial charge in [-0.3, -0.25) is 0 Å². The van der Waals surface area contributed by atoms with Crippen molar-refractivity contribution < 1.29 is 4.48 Å². The summed E-state index contributed by atoms with van der Waals surface area (Å²) in [7, 11) is 0. The van der Waals surface area contributed by atoms with E-state index in [0.717, 1.165) is 30.7 Å². The third kappa shape index (κ3) is 5.58. The van der Waals surface area contributed by atoms with Gasteiger partial charge in [0, 0.05) is 5.56 Å². The molecule has 0 fully saturated rings. The Morgan fingerprint density at radius 1 is 0.750 bits per heavy atom. The van der Waals surface area contributed by atoms with Crippen molar-refractivity contribution in [3.63, 3.8) is 0 Å². The molecular formula is C19H28N+. The fourth-order valence-corrected chi connectivity index (χ4v) is 2.38. The van der Waals surface area contributed by atoms with Gasteiger partial charge in [0.25, 0.3) is 0 Å². The zero-order valence-electron chi connectivity index (χ0n) is 13.1. The van der Waals surface area contributed by atoms with Gasteiger partial charge in [-0.2, -0.15) is 0 Å². The first-order chi connectivity index (χ1) is 9.76. The quantitative estimate of drug-likeness (QED) is 0.473. The van der Waals surface area contributed by atoms with Gasteiger partial charge in [0.05, 0.1) is 19.6 Å². The number of benzene rings is 1. The van der Waals surface area contributed by atoms with E-state index in [1.807, 2.05) is 0 Å². The molecule has 1 nitrogen and oxygen atoms in total. The highest BCUT2D eigenvalue weighted by atomic mass is 15.3. The van der Waals surface area contributed by atoms with E-state index in [1.165, 1.54) is 5.56 Å². The van der Waals surface area contributed by atoms with Gasteiger partial charge in [-0.1, -0.05) is 48.6 Å². The van der Waals surface area contributed by atoms with E-state index >= 15 is 0 Å². The molecule has 0 aliphatic rings. The molecule has 0 aliphatic carbocycles. The summed E-state index contributed by atoms with van der Waals surface area (Å²) in [5, 5.41) is 0. The summed E-state index contributed by atoms with van der Waals surface area (Å²) in [5.41, 5.74) is 1.41. The Bertz CT molecular complexity index is 404. The summed E-state index contributed by atoms with van der Waals surface area (Å²) in [4.78, 5) is 0. The van der Waals surface area contributed by atoms with Crippen molar-refractivity contribution in [2.45, 2.75) is 27.3 Å². The lowest BCUT2D eigenvalue weighted by Gasteiger charge is -2.36. The lowest BCUT2D eigenvalue weighted by atomic mass is 10.1. The monoisotopic (exact) mass is 270 g/mol. The summed E-state index contributed by atoms with van der Waals surface area (Å²) in [6, 6.07) is 10.8. The van der Waals surface area contributed by atoms with Gasteiger partial charge in [0.2, 0.25) is 0 Å². The van der Waals surface area contributed by atoms with E-state index in [4.69, 9.17) is 0 Å². The van der Waals surface area contributed by atoms with Crippen LogP contribution in [0, 0.1) is 0 Å². The largest absolute Gasteiger partial charge is 0.310 e. The van der Waals surface area contributed by atoms with Crippen LogP contribution in [0.5, 0.6) is 0 Å². The normalized spacial score (nSPS) is 12.9. The highest BCUT2D eigenvalue weighted by molar-refractivity contribution is 5.13. The lowest BCUT2D eigenvalue weighted by Crippen LogP contribution is -2.47. The van der Waals surface area contributed by atoms with Crippen molar-refractivity contribution >= 4 is 0 Å². The molecule has 1 rings (SSSR count). The zero-order chi connectivity index (χ0) is 14.7. The SMILES string of the molecule is C/C=C/C[N+](C/C=C/C)(C/C=C/C)Cc1ccccc1. The van der Waals surface area contributed by atoms with Crippen LogP contribution in [0.25, 0.3) is 0 Å². The van der Waals surface area contributed by atoms with Crippen molar-refractivity contribution in [1.29, 1.82) is 0 Å². The van der Waals surface area contributed by atoms with Gasteiger partial charge < -0.3 is 4.48 Å². The predicted molar refractivity (Wildman–Crippen MR) is 89.4 cm³/mol. The minimum atomic E-state index is 1.04. The molecule has 0 amide bonds. The third-order valence-corrected chi connectivity index (χ3v) is 3.55. The highest BCUT2D eigenvalue weighted by Crippen LogP contribution is 2.16. The van der Waals surface area contributed by atoms with Gasteiger partial charge in [-0.25, -0.2) is 0 Å². The van der Waals surface area contributed by atoms with E-state index in [-0.39, 0.29) is 0 Å². The average molecular weight is 270 g/mol. The topological polar surface area (TPSA) is 0 Å². The van der Waals surface area contributed by atoms with Crippen LogP contribution in [0.4, 0.5) is 0 Å². The maximum atomic E-state index is 2.29. The smallest absolute Gasteiger partial charge is 0.105 e. The third-order valence-electron chi connectivity index (χ3n) is 3.55. The minimum absolute atomic E-state index is 1.04. The first kappa shape index (κ1) is 16.5. The molecular weight excluding hydrogens is 242 g/mol. The first-order valence-corrected chi connectivity index (χ1v) is 7.49. The fraction of sp³-hybridized carbons (Fsp3) is 0.368. The Kier molecular flexibility index (Phi) is 7.67. The van der Waals surface area contributed by atoms with Crippen LogP contribution in [0.2, 0.25) is 0 Å². The molecule has 0 saturated heterocycles. The Hall–Kier alpha value is -1.60. The van der Waals surface area contributed by atoms with Crippen molar-refractivity contribution in [2.24, 2.45) is 0 Å². The van der Waals surface area contributed by atoms with Crippen molar-refractivity contribution in [1.82, 2.24) is 0 Å². The average Bonchev–Trinajstić information content (AvgIpc) is 2.49. The Labute approximate surface area is 124 Å². The molecule has 0 saturated carbocycles. The van der Waals surface area contributed by atoms with Crippen LogP contribution < -0.4 is 0 Å². The molecule has 0 heterocycles. The molecule has 20 heavy (non-hydrogen) atoms. The molecule has 0 spiro atoms. The second kappa shape index (κ2) is 9.33. The van der Waals surface area contributed by atoms with Crippen LogP contribution in [-0.2, 0) is 6.54 Å². The van der Waals surface area contributed by atoms with E-state index in [2.05, 4.69) is 87.6 Å². The molecule has 1 heteroatoms. The number of allylic oxidation sites excluding steroid dienone is 3. The van der Waals surface area contributed by atoms with Gasteiger partial charge in [-0.05, 0) is 39.0 Å². The van der Waals surface area contributed by atoms with Gasteiger partial charge in [0.15, 0.2) is 0 Å². The van der Waals surface area contributed by atoms with E-state index in [1.54, 1.807) is 0 Å². The molecule has 1 aromatic carbocycles. The van der Waals surface area contributed by atoms with Crippen LogP contribution in [0.15, 0.2) is 66.8 Å². The van der Waals surface area contributed by atoms with Gasteiger partial charge in [0.1, 0.15) is 6.54 Å². The van der Waals surface area contributed by atoms with Gasteiger partial charge >= 0.3 is 0 Å². The van der Waals surface area contributed by atoms with E-state index in [0.29, 0.717) is 0 Å². The molecule has 0 N–H and O–H groups in total. The molecule has 1 aromatic rings. The number of hydrogen-bond donors (Lipinski definition) is 0. The molecule has 0 aromatic heterocycles. The maximum absolute atomic E-state index is 2.29. The highest BCUT2D eigenvalue weighted by Gasteiger charge is 2.23. The number of quaternary nitrogens is 1. The molecule has 0 atom stereocenters. The van der Waals surface area contributed by atoms with Crippen molar-refractivity contribution in [2.75, 3.05) is 19.6 Å². The summed E-state index contributed by atoms with van der Waals surface area (Å²) in [6.45, 7) is 10.6. The van der Waals surface area contributed by atoms with Gasteiger partial charge in [-0.15, -0.1) is 0 Å². The molecule has 0 bridgehead atoms. The lowest BCUT2D eigenvalue weighted by molar-refractivity contribution is -0.925. The maximum Gasteiger partial charge on any atom is 0.105 e. The summed E-state index contributed by atoms with van der Waals surface area (Å²) >= 11 is 0. The Morgan fingerprint density at radius 2 is 1.20 bits per heavy atom. The molecule has 108 valence electrons. The second-order valence-electron chi connectivity index (χ2n) is 5.24. The summed E-state index contributed by atoms with van der Waals surface area (Å²) < 4.78 is 1.04. The second-order valence-corrected chi connectivity index (χ2v) is 5.24. The van der Waals surface area contributed by atoms with E-state index < -0.39 is 0 Å². The number of rotatable bonds is 8. The summed E-state index contributed by atoms with van der Waals surface area (Å²) in [6.07, 6.45) is 13.3. The van der Waals surface area contributed by atoms with Crippen molar-refractivity contribution in [3.05, 3.63) is 72.4 Å². The minimum Gasteiger partial charge on any atom is -0.310 e. The van der Waals surface area contributed by atoms with Crippen molar-refractivity contribution in [3.8, 4) is 0 Å². The predicted octanol–water partition coefficient (Wildman–Crippen LogP) is 4.73. The number of nitrogens with zero attached hydrogens (tertiary/aromatic N) is 1. The molecule has 0 unspecified atom stereocenters. The van der Waals surface area contributed by atoms with Crippen LogP contribution >= 0.6 is 0 Å². The first-order valence-electron chi connectivity index (χ1n) is 7.49. The summed E-state index contributed by atoms with van der Waals surface area (Å²) in [5.74, 6) is 0. The fourth-order valence-electron chi connectivity index (χ4n) is 2.38. The van der Waals surface area contributed by atoms with Crippen LogP contribution in [0.1, 0.15) is 26.3 Å². The number of hydrogen-bond acceptors (Lipinski definition) is 0. The Balaban J connectivity index is 2.98. The Morgan fingerprint density at radius 3 is 1.60 bits per heavy atom. The van der Waals surface area contributed by atoms with Crippen LogP contribution in [-0.4, -0.2) is 24.1 Å². The zero-order valence-corrected chi connectivity index (χ0v) is 13.1. The standard InChI is InChI=1S/C19H28N/c1-4-7-15-20(16-8-5-2,17-9-6-3)18-19-13-11-10-12-14-19/h4-14H,15-18H2,1-3H3/q+1/b7-4+,8-5+,9-6+.